The summed E-state index contributed by atoms with van der Waals surface area (Å²) in [5.41, 5.74) is 5.64. The molecule has 1 aliphatic rings. The van der Waals surface area contributed by atoms with Crippen molar-refractivity contribution in [3.8, 4) is 0 Å². The van der Waals surface area contributed by atoms with Gasteiger partial charge in [-0.2, -0.15) is 0 Å². The fourth-order valence-corrected chi connectivity index (χ4v) is 1.31. The Hall–Kier alpha value is -0.700. The minimum Gasteiger partial charge on any atom is -0.385 e. The van der Waals surface area contributed by atoms with E-state index in [1.165, 1.54) is 18.9 Å². The highest BCUT2D eigenvalue weighted by Crippen LogP contribution is 2.10. The molecule has 0 aromatic heterocycles. The van der Waals surface area contributed by atoms with Crippen LogP contribution in [0.25, 0.3) is 0 Å². The number of nitrogens with two attached hydrogens (primary N) is 1. The average molecular weight is 174 g/mol. The SMILES string of the molecule is N=C(Cl)/C=C(\N)N1CCCC1. The number of allylic oxidation sites excluding steroid dienone is 1. The van der Waals surface area contributed by atoms with Crippen molar-refractivity contribution in [2.45, 2.75) is 12.8 Å². The van der Waals surface area contributed by atoms with Gasteiger partial charge in [0.25, 0.3) is 0 Å². The Balaban J connectivity index is 2.51. The summed E-state index contributed by atoms with van der Waals surface area (Å²) in [4.78, 5) is 2.04. The van der Waals surface area contributed by atoms with E-state index in [4.69, 9.17) is 22.7 Å². The van der Waals surface area contributed by atoms with Crippen molar-refractivity contribution in [1.82, 2.24) is 4.90 Å². The van der Waals surface area contributed by atoms with Gasteiger partial charge in [-0.05, 0) is 12.8 Å². The van der Waals surface area contributed by atoms with E-state index in [0.29, 0.717) is 5.82 Å². The molecule has 1 saturated heterocycles. The fraction of sp³-hybridized carbons (Fsp3) is 0.571. The van der Waals surface area contributed by atoms with E-state index in [2.05, 4.69) is 0 Å². The lowest BCUT2D eigenvalue weighted by molar-refractivity contribution is 0.422. The summed E-state index contributed by atoms with van der Waals surface area (Å²) < 4.78 is 0. The van der Waals surface area contributed by atoms with Crippen molar-refractivity contribution in [1.29, 1.82) is 5.41 Å². The lowest BCUT2D eigenvalue weighted by atomic mass is 10.4. The Morgan fingerprint density at radius 3 is 2.45 bits per heavy atom. The third-order valence-corrected chi connectivity index (χ3v) is 1.85. The number of rotatable bonds is 2. The molecule has 0 saturated carbocycles. The number of hydrogen-bond donors (Lipinski definition) is 2. The molecule has 1 heterocycles. The molecule has 0 radical (unpaired) electrons. The summed E-state index contributed by atoms with van der Waals surface area (Å²) in [7, 11) is 0. The monoisotopic (exact) mass is 173 g/mol. The predicted octanol–water partition coefficient (Wildman–Crippen LogP) is 1.10. The fourth-order valence-electron chi connectivity index (χ4n) is 1.20. The van der Waals surface area contributed by atoms with Crippen LogP contribution >= 0.6 is 11.6 Å². The first-order valence-electron chi connectivity index (χ1n) is 3.66. The smallest absolute Gasteiger partial charge is 0.124 e. The molecule has 0 aliphatic carbocycles. The van der Waals surface area contributed by atoms with Crippen molar-refractivity contribution in [2.75, 3.05) is 13.1 Å². The van der Waals surface area contributed by atoms with Gasteiger partial charge in [0.15, 0.2) is 0 Å². The Labute approximate surface area is 71.3 Å². The lowest BCUT2D eigenvalue weighted by Gasteiger charge is -2.16. The van der Waals surface area contributed by atoms with Crippen LogP contribution in [-0.2, 0) is 0 Å². The molecule has 4 heteroatoms. The third-order valence-electron chi connectivity index (χ3n) is 1.75. The average Bonchev–Trinajstić information content (AvgIpc) is 2.35. The summed E-state index contributed by atoms with van der Waals surface area (Å²) in [5, 5.41) is 6.97. The van der Waals surface area contributed by atoms with Crippen LogP contribution in [-0.4, -0.2) is 23.2 Å². The van der Waals surface area contributed by atoms with E-state index in [1.54, 1.807) is 0 Å². The molecular weight excluding hydrogens is 162 g/mol. The van der Waals surface area contributed by atoms with Crippen molar-refractivity contribution in [2.24, 2.45) is 5.73 Å². The minimum absolute atomic E-state index is 0.00519. The van der Waals surface area contributed by atoms with Gasteiger partial charge >= 0.3 is 0 Å². The third kappa shape index (κ3) is 2.42. The molecule has 3 nitrogen and oxygen atoms in total. The molecule has 0 unspecified atom stereocenters. The van der Waals surface area contributed by atoms with E-state index in [0.717, 1.165) is 13.1 Å². The Morgan fingerprint density at radius 1 is 1.45 bits per heavy atom. The van der Waals surface area contributed by atoms with Crippen LogP contribution in [0.1, 0.15) is 12.8 Å². The van der Waals surface area contributed by atoms with Crippen LogP contribution in [0.3, 0.4) is 0 Å². The molecule has 0 amide bonds. The second-order valence-electron chi connectivity index (χ2n) is 2.61. The minimum atomic E-state index is -0.00519. The highest BCUT2D eigenvalue weighted by atomic mass is 35.5. The molecule has 0 atom stereocenters. The van der Waals surface area contributed by atoms with Crippen LogP contribution in [0.5, 0.6) is 0 Å². The van der Waals surface area contributed by atoms with Crippen molar-refractivity contribution in [3.63, 3.8) is 0 Å². The molecule has 62 valence electrons. The summed E-state index contributed by atoms with van der Waals surface area (Å²) >= 11 is 5.35. The molecule has 0 aromatic carbocycles. The van der Waals surface area contributed by atoms with Gasteiger partial charge in [0.2, 0.25) is 0 Å². The molecule has 0 bridgehead atoms. The Morgan fingerprint density at radius 2 is 2.00 bits per heavy atom. The van der Waals surface area contributed by atoms with E-state index >= 15 is 0 Å². The number of likely N-dealkylation sites (tertiary alicyclic amines) is 1. The number of nitrogens with zero attached hydrogens (tertiary/aromatic N) is 1. The highest BCUT2D eigenvalue weighted by Gasteiger charge is 2.11. The van der Waals surface area contributed by atoms with E-state index in [-0.39, 0.29) is 5.17 Å². The molecule has 1 fully saturated rings. The van der Waals surface area contributed by atoms with E-state index < -0.39 is 0 Å². The number of hydrogen-bond acceptors (Lipinski definition) is 3. The Kier molecular flexibility index (Phi) is 2.76. The van der Waals surface area contributed by atoms with Crippen LogP contribution in [0.15, 0.2) is 11.9 Å². The second-order valence-corrected chi connectivity index (χ2v) is 3.02. The molecule has 0 aromatic rings. The van der Waals surface area contributed by atoms with Gasteiger partial charge in [-0.15, -0.1) is 0 Å². The summed E-state index contributed by atoms with van der Waals surface area (Å²) in [5.74, 6) is 0.613. The van der Waals surface area contributed by atoms with Gasteiger partial charge in [-0.3, -0.25) is 5.41 Å². The molecule has 3 N–H and O–H groups in total. The van der Waals surface area contributed by atoms with Crippen molar-refractivity contribution >= 4 is 16.8 Å². The van der Waals surface area contributed by atoms with Crippen molar-refractivity contribution in [3.05, 3.63) is 11.9 Å². The van der Waals surface area contributed by atoms with Crippen LogP contribution in [0, 0.1) is 5.41 Å². The van der Waals surface area contributed by atoms with Gasteiger partial charge in [-0.1, -0.05) is 11.6 Å². The van der Waals surface area contributed by atoms with E-state index in [9.17, 15) is 0 Å². The van der Waals surface area contributed by atoms with Crippen LogP contribution < -0.4 is 5.73 Å². The number of nitrogens with one attached hydrogen (secondary N) is 1. The highest BCUT2D eigenvalue weighted by molar-refractivity contribution is 6.67. The van der Waals surface area contributed by atoms with Gasteiger partial charge in [0, 0.05) is 19.2 Å². The largest absolute Gasteiger partial charge is 0.385 e. The first-order chi connectivity index (χ1) is 5.20. The molecular formula is C7H12ClN3. The normalized spacial score (nSPS) is 19.0. The zero-order valence-corrected chi connectivity index (χ0v) is 7.06. The number of halogens is 1. The standard InChI is InChI=1S/C7H12ClN3/c8-6(9)5-7(10)11-3-1-2-4-11/h5,9H,1-4,10H2/b7-5+,9-6?. The van der Waals surface area contributed by atoms with E-state index in [1.807, 2.05) is 4.90 Å². The molecule has 1 rings (SSSR count). The Bertz CT molecular complexity index is 182. The zero-order valence-electron chi connectivity index (χ0n) is 6.31. The summed E-state index contributed by atoms with van der Waals surface area (Å²) in [6.45, 7) is 1.99. The van der Waals surface area contributed by atoms with Crippen molar-refractivity contribution < 1.29 is 0 Å². The molecule has 1 aliphatic heterocycles. The lowest BCUT2D eigenvalue weighted by Crippen LogP contribution is -2.24. The van der Waals surface area contributed by atoms with Gasteiger partial charge in [0.1, 0.15) is 11.0 Å². The van der Waals surface area contributed by atoms with Gasteiger partial charge < -0.3 is 10.6 Å². The van der Waals surface area contributed by atoms with Gasteiger partial charge in [-0.25, -0.2) is 0 Å². The molecule has 11 heavy (non-hydrogen) atoms. The first kappa shape index (κ1) is 8.40. The summed E-state index contributed by atoms with van der Waals surface area (Å²) in [6.07, 6.45) is 3.85. The zero-order chi connectivity index (χ0) is 8.27. The quantitative estimate of drug-likeness (QED) is 0.615. The molecule has 0 spiro atoms. The maximum Gasteiger partial charge on any atom is 0.124 e. The predicted molar refractivity (Wildman–Crippen MR) is 46.7 cm³/mol. The summed E-state index contributed by atoms with van der Waals surface area (Å²) in [6, 6.07) is 0. The van der Waals surface area contributed by atoms with Gasteiger partial charge in [0.05, 0.1) is 0 Å². The van der Waals surface area contributed by atoms with Crippen LogP contribution in [0.2, 0.25) is 0 Å². The second kappa shape index (κ2) is 3.62. The maximum atomic E-state index is 6.97. The first-order valence-corrected chi connectivity index (χ1v) is 4.04. The topological polar surface area (TPSA) is 53.1 Å². The van der Waals surface area contributed by atoms with Crippen LogP contribution in [0.4, 0.5) is 0 Å². The maximum absolute atomic E-state index is 6.97.